The summed E-state index contributed by atoms with van der Waals surface area (Å²) in [5.74, 6) is -0.0738. The average Bonchev–Trinajstić information content (AvgIpc) is 3.49. The van der Waals surface area contributed by atoms with E-state index in [0.29, 0.717) is 17.8 Å². The lowest BCUT2D eigenvalue weighted by atomic mass is 9.75. The molecule has 1 aliphatic carbocycles. The molecule has 5 rings (SSSR count). The van der Waals surface area contributed by atoms with E-state index in [1.807, 2.05) is 31.3 Å². The molecule has 0 unspecified atom stereocenters. The van der Waals surface area contributed by atoms with Gasteiger partial charge in [-0.3, -0.25) is 14.6 Å². The van der Waals surface area contributed by atoms with Gasteiger partial charge in [-0.25, -0.2) is 4.52 Å². The lowest BCUT2D eigenvalue weighted by molar-refractivity contribution is -0.124. The molecule has 2 aliphatic rings. The fraction of sp³-hybridized carbons (Fsp3) is 0.375. The SMILES string of the molecule is C[C@@H]1CN(c2ccnn3cc(-c4ccc(C(=O)N(C)C)cn4)cc23)C(=O)[C@]1(C#N)C1CC1. The van der Waals surface area contributed by atoms with Crippen LogP contribution in [-0.4, -0.2) is 52.0 Å². The lowest BCUT2D eigenvalue weighted by Gasteiger charge is -2.23. The van der Waals surface area contributed by atoms with Gasteiger partial charge in [0.25, 0.3) is 5.91 Å². The molecule has 1 saturated carbocycles. The number of carbonyl (C=O) groups is 2. The molecule has 4 heterocycles. The fourth-order valence-electron chi connectivity index (χ4n) is 4.83. The van der Waals surface area contributed by atoms with E-state index in [4.69, 9.17) is 0 Å². The number of hydrogen-bond donors (Lipinski definition) is 0. The first-order valence-electron chi connectivity index (χ1n) is 10.8. The molecule has 3 aromatic heterocycles. The highest BCUT2D eigenvalue weighted by Crippen LogP contribution is 2.54. The Labute approximate surface area is 186 Å². The first-order chi connectivity index (χ1) is 15.4. The molecular formula is C24H24N6O2. The van der Waals surface area contributed by atoms with Crippen molar-refractivity contribution in [3.8, 4) is 17.3 Å². The van der Waals surface area contributed by atoms with E-state index in [0.717, 1.165) is 29.6 Å². The summed E-state index contributed by atoms with van der Waals surface area (Å²) >= 11 is 0. The van der Waals surface area contributed by atoms with Crippen molar-refractivity contribution in [2.75, 3.05) is 25.5 Å². The Kier molecular flexibility index (Phi) is 4.52. The summed E-state index contributed by atoms with van der Waals surface area (Å²) in [6.45, 7) is 2.52. The van der Waals surface area contributed by atoms with Crippen molar-refractivity contribution in [1.82, 2.24) is 19.5 Å². The Balaban J connectivity index is 1.52. The standard InChI is InChI=1S/C24H24N6O2/c1-15-12-29(23(32)24(15,14-25)18-5-6-18)20-8-9-27-30-13-17(10-21(20)30)19-7-4-16(11-26-19)22(31)28(2)3/h4,7-11,13,15,18H,5-6,12H2,1-3H3/t15-,24+/m1/s1. The van der Waals surface area contributed by atoms with Gasteiger partial charge in [-0.1, -0.05) is 6.92 Å². The zero-order valence-electron chi connectivity index (χ0n) is 18.3. The number of nitriles is 1. The van der Waals surface area contributed by atoms with E-state index >= 15 is 0 Å². The lowest BCUT2D eigenvalue weighted by Crippen LogP contribution is -2.37. The van der Waals surface area contributed by atoms with Crippen molar-refractivity contribution in [3.05, 3.63) is 48.4 Å². The third-order valence-electron chi connectivity index (χ3n) is 6.73. The molecule has 162 valence electrons. The maximum Gasteiger partial charge on any atom is 0.254 e. The molecule has 1 aliphatic heterocycles. The number of anilines is 1. The Morgan fingerprint density at radius 1 is 1.28 bits per heavy atom. The smallest absolute Gasteiger partial charge is 0.254 e. The van der Waals surface area contributed by atoms with Crippen molar-refractivity contribution in [2.45, 2.75) is 19.8 Å². The Bertz CT molecular complexity index is 1270. The molecule has 32 heavy (non-hydrogen) atoms. The van der Waals surface area contributed by atoms with E-state index in [2.05, 4.69) is 16.2 Å². The second kappa shape index (κ2) is 7.16. The highest BCUT2D eigenvalue weighted by atomic mass is 16.2. The molecule has 3 aromatic rings. The van der Waals surface area contributed by atoms with Gasteiger partial charge in [0, 0.05) is 50.7 Å². The minimum absolute atomic E-state index is 0.0291. The van der Waals surface area contributed by atoms with Crippen LogP contribution in [0.4, 0.5) is 5.69 Å². The monoisotopic (exact) mass is 428 g/mol. The number of amides is 2. The third-order valence-corrected chi connectivity index (χ3v) is 6.73. The number of rotatable bonds is 4. The van der Waals surface area contributed by atoms with Crippen LogP contribution in [0.15, 0.2) is 42.9 Å². The van der Waals surface area contributed by atoms with Crippen molar-refractivity contribution in [1.29, 1.82) is 5.26 Å². The highest BCUT2D eigenvalue weighted by molar-refractivity contribution is 6.05. The summed E-state index contributed by atoms with van der Waals surface area (Å²) in [5.41, 5.74) is 2.67. The maximum atomic E-state index is 13.5. The topological polar surface area (TPSA) is 94.6 Å². The van der Waals surface area contributed by atoms with Crippen molar-refractivity contribution in [2.24, 2.45) is 17.3 Å². The molecule has 2 atom stereocenters. The van der Waals surface area contributed by atoms with E-state index in [1.165, 1.54) is 4.90 Å². The normalized spacial score (nSPS) is 22.9. The Morgan fingerprint density at radius 3 is 2.69 bits per heavy atom. The minimum Gasteiger partial charge on any atom is -0.345 e. The van der Waals surface area contributed by atoms with E-state index in [1.54, 1.807) is 42.0 Å². The van der Waals surface area contributed by atoms with Gasteiger partial charge in [-0.05, 0) is 43.0 Å². The van der Waals surface area contributed by atoms with Crippen LogP contribution in [0.1, 0.15) is 30.1 Å². The van der Waals surface area contributed by atoms with Crippen molar-refractivity contribution in [3.63, 3.8) is 0 Å². The quantitative estimate of drug-likeness (QED) is 0.637. The van der Waals surface area contributed by atoms with Crippen LogP contribution in [0.2, 0.25) is 0 Å². The summed E-state index contributed by atoms with van der Waals surface area (Å²) in [4.78, 5) is 33.3. The Morgan fingerprint density at radius 2 is 2.06 bits per heavy atom. The molecule has 8 heteroatoms. The van der Waals surface area contributed by atoms with Gasteiger partial charge in [0.2, 0.25) is 5.91 Å². The zero-order valence-corrected chi connectivity index (χ0v) is 18.3. The van der Waals surface area contributed by atoms with Crippen LogP contribution in [-0.2, 0) is 4.79 Å². The molecule has 1 saturated heterocycles. The number of nitrogens with zero attached hydrogens (tertiary/aromatic N) is 6. The summed E-state index contributed by atoms with van der Waals surface area (Å²) in [6.07, 6.45) is 6.97. The highest BCUT2D eigenvalue weighted by Gasteiger charge is 2.61. The summed E-state index contributed by atoms with van der Waals surface area (Å²) in [7, 11) is 3.41. The van der Waals surface area contributed by atoms with Crippen LogP contribution in [0, 0.1) is 28.6 Å². The van der Waals surface area contributed by atoms with E-state index < -0.39 is 5.41 Å². The van der Waals surface area contributed by atoms with Crippen LogP contribution in [0.25, 0.3) is 16.8 Å². The molecule has 2 amide bonds. The van der Waals surface area contributed by atoms with E-state index in [9.17, 15) is 14.9 Å². The second-order valence-electron chi connectivity index (χ2n) is 8.98. The number of aromatic nitrogens is 3. The van der Waals surface area contributed by atoms with Gasteiger partial charge in [0.05, 0.1) is 28.5 Å². The van der Waals surface area contributed by atoms with Gasteiger partial charge in [-0.15, -0.1) is 0 Å². The average molecular weight is 428 g/mol. The number of hydrogen-bond acceptors (Lipinski definition) is 5. The second-order valence-corrected chi connectivity index (χ2v) is 8.98. The maximum absolute atomic E-state index is 13.5. The van der Waals surface area contributed by atoms with Crippen molar-refractivity contribution < 1.29 is 9.59 Å². The van der Waals surface area contributed by atoms with Crippen LogP contribution >= 0.6 is 0 Å². The fourth-order valence-corrected chi connectivity index (χ4v) is 4.83. The molecule has 0 aromatic carbocycles. The largest absolute Gasteiger partial charge is 0.345 e. The van der Waals surface area contributed by atoms with Gasteiger partial charge < -0.3 is 9.80 Å². The number of fused-ring (bicyclic) bond motifs is 1. The summed E-state index contributed by atoms with van der Waals surface area (Å²) < 4.78 is 1.73. The predicted octanol–water partition coefficient (Wildman–Crippen LogP) is 3.00. The van der Waals surface area contributed by atoms with Gasteiger partial charge in [0.15, 0.2) is 0 Å². The molecular weight excluding hydrogens is 404 g/mol. The predicted molar refractivity (Wildman–Crippen MR) is 119 cm³/mol. The van der Waals surface area contributed by atoms with Crippen LogP contribution in [0.5, 0.6) is 0 Å². The van der Waals surface area contributed by atoms with E-state index in [-0.39, 0.29) is 23.7 Å². The van der Waals surface area contributed by atoms with Gasteiger partial charge >= 0.3 is 0 Å². The minimum atomic E-state index is -0.925. The molecule has 0 bridgehead atoms. The summed E-state index contributed by atoms with van der Waals surface area (Å²) in [6, 6.07) is 9.72. The molecule has 0 radical (unpaired) electrons. The number of pyridine rings is 1. The van der Waals surface area contributed by atoms with Crippen LogP contribution in [0.3, 0.4) is 0 Å². The molecule has 8 nitrogen and oxygen atoms in total. The zero-order chi connectivity index (χ0) is 22.6. The van der Waals surface area contributed by atoms with Gasteiger partial charge in [0.1, 0.15) is 5.41 Å². The third kappa shape index (κ3) is 2.88. The molecule has 0 spiro atoms. The van der Waals surface area contributed by atoms with Crippen LogP contribution < -0.4 is 4.90 Å². The number of carbonyl (C=O) groups excluding carboxylic acids is 2. The van der Waals surface area contributed by atoms with Gasteiger partial charge in [-0.2, -0.15) is 10.4 Å². The Hall–Kier alpha value is -3.73. The molecule has 0 N–H and O–H groups in total. The summed E-state index contributed by atoms with van der Waals surface area (Å²) in [5, 5.41) is 14.3. The first-order valence-corrected chi connectivity index (χ1v) is 10.8. The van der Waals surface area contributed by atoms with Crippen molar-refractivity contribution >= 4 is 23.0 Å². The molecule has 2 fully saturated rings. The first kappa shape index (κ1) is 20.2.